The molecule has 2 aromatic heterocycles. The summed E-state index contributed by atoms with van der Waals surface area (Å²) in [5, 5.41) is 7.36. The van der Waals surface area contributed by atoms with Crippen LogP contribution in [-0.4, -0.2) is 49.6 Å². The lowest BCUT2D eigenvalue weighted by Gasteiger charge is -2.24. The lowest BCUT2D eigenvalue weighted by atomic mass is 9.98. The van der Waals surface area contributed by atoms with Crippen molar-refractivity contribution < 1.29 is 9.59 Å². The molecule has 0 saturated carbocycles. The average molecular weight is 392 g/mol. The van der Waals surface area contributed by atoms with E-state index in [1.807, 2.05) is 65.2 Å². The number of imidazole rings is 1. The van der Waals surface area contributed by atoms with E-state index in [4.69, 9.17) is 0 Å². The van der Waals surface area contributed by atoms with Crippen molar-refractivity contribution in [2.24, 2.45) is 13.0 Å². The molecule has 1 fully saturated rings. The Balaban J connectivity index is 1.38. The van der Waals surface area contributed by atoms with Crippen LogP contribution < -0.4 is 5.32 Å². The van der Waals surface area contributed by atoms with Gasteiger partial charge in [0, 0.05) is 45.7 Å². The van der Waals surface area contributed by atoms with E-state index in [1.54, 1.807) is 18.1 Å². The molecule has 0 spiro atoms. The smallest absolute Gasteiger partial charge is 0.226 e. The summed E-state index contributed by atoms with van der Waals surface area (Å²) in [6.07, 6.45) is 8.15. The van der Waals surface area contributed by atoms with E-state index >= 15 is 0 Å². The van der Waals surface area contributed by atoms with Crippen molar-refractivity contribution in [2.45, 2.75) is 18.9 Å². The van der Waals surface area contributed by atoms with E-state index in [2.05, 4.69) is 15.4 Å². The molecule has 0 unspecified atom stereocenters. The first-order chi connectivity index (χ1) is 14.0. The molecule has 0 bridgehead atoms. The second-order valence-electron chi connectivity index (χ2n) is 7.33. The molecule has 29 heavy (non-hydrogen) atoms. The number of aryl methyl sites for hydroxylation is 1. The first kappa shape index (κ1) is 18.9. The van der Waals surface area contributed by atoms with E-state index in [1.165, 1.54) is 0 Å². The van der Waals surface area contributed by atoms with Gasteiger partial charge < -0.3 is 14.8 Å². The molecule has 0 radical (unpaired) electrons. The van der Waals surface area contributed by atoms with Gasteiger partial charge in [0.25, 0.3) is 0 Å². The highest BCUT2D eigenvalue weighted by atomic mass is 16.2. The molecule has 3 heterocycles. The Bertz CT molecular complexity index is 1010. The summed E-state index contributed by atoms with van der Waals surface area (Å²) in [4.78, 5) is 31.0. The SMILES string of the molecule is CN1C(=O)C[C@H](C(=O)NCCc2cnn(-c3ccccc3)c2)[C@H]1c1nccn1C. The summed E-state index contributed by atoms with van der Waals surface area (Å²) in [6.45, 7) is 0.487. The Kier molecular flexibility index (Phi) is 5.16. The zero-order valence-corrected chi connectivity index (χ0v) is 16.5. The van der Waals surface area contributed by atoms with Gasteiger partial charge in [-0.25, -0.2) is 9.67 Å². The molecule has 1 aliphatic heterocycles. The average Bonchev–Trinajstić information content (AvgIpc) is 3.43. The van der Waals surface area contributed by atoms with Gasteiger partial charge in [-0.3, -0.25) is 9.59 Å². The van der Waals surface area contributed by atoms with Crippen molar-refractivity contribution >= 4 is 11.8 Å². The number of aromatic nitrogens is 4. The fourth-order valence-corrected chi connectivity index (χ4v) is 3.79. The molecule has 1 aliphatic rings. The number of benzene rings is 1. The third-order valence-electron chi connectivity index (χ3n) is 5.42. The molecule has 150 valence electrons. The highest BCUT2D eigenvalue weighted by Gasteiger charge is 2.44. The molecule has 1 aromatic carbocycles. The van der Waals surface area contributed by atoms with Crippen molar-refractivity contribution in [3.8, 4) is 5.69 Å². The highest BCUT2D eigenvalue weighted by molar-refractivity contribution is 5.90. The fourth-order valence-electron chi connectivity index (χ4n) is 3.79. The topological polar surface area (TPSA) is 85.1 Å². The maximum Gasteiger partial charge on any atom is 0.226 e. The van der Waals surface area contributed by atoms with E-state index in [-0.39, 0.29) is 24.3 Å². The van der Waals surface area contributed by atoms with Crippen LogP contribution in [0, 0.1) is 5.92 Å². The fraction of sp³-hybridized carbons (Fsp3) is 0.333. The van der Waals surface area contributed by atoms with Crippen molar-refractivity contribution in [2.75, 3.05) is 13.6 Å². The summed E-state index contributed by atoms with van der Waals surface area (Å²) in [5.41, 5.74) is 2.03. The van der Waals surface area contributed by atoms with Gasteiger partial charge in [0.2, 0.25) is 11.8 Å². The van der Waals surface area contributed by atoms with Crippen LogP contribution in [0.1, 0.15) is 23.9 Å². The molecule has 8 heteroatoms. The monoisotopic (exact) mass is 392 g/mol. The largest absolute Gasteiger partial charge is 0.355 e. The first-order valence-corrected chi connectivity index (χ1v) is 9.64. The van der Waals surface area contributed by atoms with E-state index in [9.17, 15) is 9.59 Å². The van der Waals surface area contributed by atoms with Crippen LogP contribution in [0.4, 0.5) is 0 Å². The number of amides is 2. The van der Waals surface area contributed by atoms with Gasteiger partial charge in [-0.15, -0.1) is 0 Å². The van der Waals surface area contributed by atoms with E-state index in [0.717, 1.165) is 17.1 Å². The summed E-state index contributed by atoms with van der Waals surface area (Å²) >= 11 is 0. The highest BCUT2D eigenvalue weighted by Crippen LogP contribution is 2.36. The summed E-state index contributed by atoms with van der Waals surface area (Å²) in [5.74, 6) is 0.122. The minimum absolute atomic E-state index is 0.0395. The number of nitrogens with zero attached hydrogens (tertiary/aromatic N) is 5. The number of likely N-dealkylation sites (tertiary alicyclic amines) is 1. The summed E-state index contributed by atoms with van der Waals surface area (Å²) < 4.78 is 3.68. The van der Waals surface area contributed by atoms with Crippen molar-refractivity contribution in [1.82, 2.24) is 29.5 Å². The van der Waals surface area contributed by atoms with Gasteiger partial charge in [0.15, 0.2) is 0 Å². The molecule has 2 atom stereocenters. The predicted octanol–water partition coefficient (Wildman–Crippen LogP) is 1.48. The maximum atomic E-state index is 12.8. The number of carbonyl (C=O) groups excluding carboxylic acids is 2. The Morgan fingerprint density at radius 3 is 2.76 bits per heavy atom. The normalized spacial score (nSPS) is 19.0. The third-order valence-corrected chi connectivity index (χ3v) is 5.42. The quantitative estimate of drug-likeness (QED) is 0.689. The van der Waals surface area contributed by atoms with Crippen LogP contribution in [0.15, 0.2) is 55.1 Å². The number of rotatable bonds is 6. The molecule has 1 N–H and O–H groups in total. The zero-order chi connectivity index (χ0) is 20.4. The number of hydrogen-bond donors (Lipinski definition) is 1. The van der Waals surface area contributed by atoms with Crippen molar-refractivity contribution in [3.63, 3.8) is 0 Å². The number of para-hydroxylation sites is 1. The van der Waals surface area contributed by atoms with Gasteiger partial charge in [-0.2, -0.15) is 5.10 Å². The Labute approximate surface area is 169 Å². The molecule has 2 amide bonds. The molecular formula is C21H24N6O2. The van der Waals surface area contributed by atoms with Gasteiger partial charge in [-0.1, -0.05) is 18.2 Å². The van der Waals surface area contributed by atoms with Crippen LogP contribution in [0.25, 0.3) is 5.69 Å². The van der Waals surface area contributed by atoms with Gasteiger partial charge in [-0.05, 0) is 24.1 Å². The molecule has 4 rings (SSSR count). The number of hydrogen-bond acceptors (Lipinski definition) is 4. The van der Waals surface area contributed by atoms with Crippen LogP contribution in [-0.2, 0) is 23.1 Å². The van der Waals surface area contributed by atoms with Crippen LogP contribution in [0.5, 0.6) is 0 Å². The molecule has 8 nitrogen and oxygen atoms in total. The second kappa shape index (κ2) is 7.90. The van der Waals surface area contributed by atoms with Gasteiger partial charge >= 0.3 is 0 Å². The van der Waals surface area contributed by atoms with Gasteiger partial charge in [0.05, 0.1) is 17.8 Å². The summed E-state index contributed by atoms with van der Waals surface area (Å²) in [6, 6.07) is 9.54. The number of nitrogens with one attached hydrogen (secondary N) is 1. The van der Waals surface area contributed by atoms with Crippen molar-refractivity contribution in [3.05, 3.63) is 66.5 Å². The Hall–Kier alpha value is -3.42. The predicted molar refractivity (Wildman–Crippen MR) is 107 cm³/mol. The zero-order valence-electron chi connectivity index (χ0n) is 16.5. The molecule has 3 aromatic rings. The van der Waals surface area contributed by atoms with Crippen LogP contribution >= 0.6 is 0 Å². The lowest BCUT2D eigenvalue weighted by molar-refractivity contribution is -0.128. The third kappa shape index (κ3) is 3.78. The van der Waals surface area contributed by atoms with Crippen LogP contribution in [0.2, 0.25) is 0 Å². The maximum absolute atomic E-state index is 12.8. The van der Waals surface area contributed by atoms with E-state index in [0.29, 0.717) is 13.0 Å². The van der Waals surface area contributed by atoms with E-state index < -0.39 is 5.92 Å². The Morgan fingerprint density at radius 1 is 1.24 bits per heavy atom. The first-order valence-electron chi connectivity index (χ1n) is 9.64. The van der Waals surface area contributed by atoms with Gasteiger partial charge in [0.1, 0.15) is 11.9 Å². The standard InChI is InChI=1S/C21H24N6O2/c1-25-11-10-22-20(25)19-17(12-18(28)26(19)2)21(29)23-9-8-15-13-24-27(14-15)16-6-4-3-5-7-16/h3-7,10-11,13-14,17,19H,8-9,12H2,1-2H3,(H,23,29)/t17-,19-/m0/s1. The Morgan fingerprint density at radius 2 is 2.03 bits per heavy atom. The minimum Gasteiger partial charge on any atom is -0.355 e. The minimum atomic E-state index is -0.444. The lowest BCUT2D eigenvalue weighted by Crippen LogP contribution is -2.36. The molecule has 1 saturated heterocycles. The molecular weight excluding hydrogens is 368 g/mol. The van der Waals surface area contributed by atoms with Crippen molar-refractivity contribution in [1.29, 1.82) is 0 Å². The second-order valence-corrected chi connectivity index (χ2v) is 7.33. The summed E-state index contributed by atoms with van der Waals surface area (Å²) in [7, 11) is 3.60. The van der Waals surface area contributed by atoms with Crippen LogP contribution in [0.3, 0.4) is 0 Å². The number of carbonyl (C=O) groups is 2. The molecule has 0 aliphatic carbocycles.